The van der Waals surface area contributed by atoms with Gasteiger partial charge in [-0.25, -0.2) is 0 Å². The van der Waals surface area contributed by atoms with Gasteiger partial charge in [-0.1, -0.05) is 5.16 Å². The van der Waals surface area contributed by atoms with Crippen molar-refractivity contribution in [2.75, 3.05) is 6.54 Å². The Morgan fingerprint density at radius 1 is 1.23 bits per heavy atom. The number of furan rings is 1. The molecular formula is C23H29N5O3. The van der Waals surface area contributed by atoms with Crippen LogP contribution < -0.4 is 0 Å². The fraction of sp³-hybridized carbons (Fsp3) is 0.565. The van der Waals surface area contributed by atoms with Crippen LogP contribution >= 0.6 is 0 Å². The monoisotopic (exact) mass is 423 g/mol. The van der Waals surface area contributed by atoms with Crippen molar-refractivity contribution in [3.63, 3.8) is 0 Å². The molecular weight excluding hydrogens is 394 g/mol. The number of amides is 1. The molecule has 1 aliphatic carbocycles. The van der Waals surface area contributed by atoms with Crippen molar-refractivity contribution in [2.24, 2.45) is 5.92 Å². The summed E-state index contributed by atoms with van der Waals surface area (Å²) in [6.45, 7) is 5.61. The Balaban J connectivity index is 1.22. The molecule has 8 heteroatoms. The molecule has 1 aliphatic heterocycles. The zero-order valence-corrected chi connectivity index (χ0v) is 18.2. The molecule has 5 rings (SSSR count). The lowest BCUT2D eigenvalue weighted by Gasteiger charge is -2.23. The van der Waals surface area contributed by atoms with E-state index < -0.39 is 0 Å². The summed E-state index contributed by atoms with van der Waals surface area (Å²) in [4.78, 5) is 15.1. The van der Waals surface area contributed by atoms with Crippen LogP contribution in [0.1, 0.15) is 71.3 Å². The molecule has 164 valence electrons. The van der Waals surface area contributed by atoms with Gasteiger partial charge < -0.3 is 18.4 Å². The third-order valence-corrected chi connectivity index (χ3v) is 6.59. The molecule has 1 unspecified atom stereocenters. The fourth-order valence-electron chi connectivity index (χ4n) is 4.56. The average Bonchev–Trinajstić information content (AvgIpc) is 3.15. The summed E-state index contributed by atoms with van der Waals surface area (Å²) in [5.41, 5.74) is 1.87. The third-order valence-electron chi connectivity index (χ3n) is 6.59. The molecule has 0 aromatic carbocycles. The first kappa shape index (κ1) is 20.0. The van der Waals surface area contributed by atoms with Gasteiger partial charge in [0.1, 0.15) is 23.7 Å². The van der Waals surface area contributed by atoms with Crippen molar-refractivity contribution in [1.29, 1.82) is 0 Å². The zero-order valence-electron chi connectivity index (χ0n) is 18.2. The largest absolute Gasteiger partial charge is 0.456 e. The second-order valence-corrected chi connectivity index (χ2v) is 8.92. The number of aryl methyl sites for hydroxylation is 3. The number of likely N-dealkylation sites (tertiary alicyclic amines) is 1. The van der Waals surface area contributed by atoms with Gasteiger partial charge in [0.25, 0.3) is 5.91 Å². The Bertz CT molecular complexity index is 1040. The normalized spacial score (nSPS) is 18.8. The molecule has 0 bridgehead atoms. The van der Waals surface area contributed by atoms with Gasteiger partial charge in [-0.05, 0) is 64.0 Å². The number of aromatic nitrogens is 4. The highest BCUT2D eigenvalue weighted by Crippen LogP contribution is 2.31. The van der Waals surface area contributed by atoms with E-state index in [4.69, 9.17) is 8.94 Å². The molecule has 2 aliphatic rings. The van der Waals surface area contributed by atoms with E-state index in [1.54, 1.807) is 6.07 Å². The number of carbonyl (C=O) groups excluding carboxylic acids is 1. The van der Waals surface area contributed by atoms with Gasteiger partial charge in [-0.3, -0.25) is 4.79 Å². The summed E-state index contributed by atoms with van der Waals surface area (Å²) in [7, 11) is 0. The van der Waals surface area contributed by atoms with E-state index in [1.165, 1.54) is 12.8 Å². The number of rotatable bonds is 8. The van der Waals surface area contributed by atoms with Crippen LogP contribution in [-0.4, -0.2) is 43.3 Å². The SMILES string of the molecule is Cc1noc(C)c1Cc1ccc(C(=O)N2CCCC2CCc2nncn2CC2CC2)o1. The van der Waals surface area contributed by atoms with Crippen LogP contribution in [0, 0.1) is 19.8 Å². The Hall–Kier alpha value is -2.90. The van der Waals surface area contributed by atoms with Gasteiger partial charge in [-0.2, -0.15) is 0 Å². The minimum absolute atomic E-state index is 0.0213. The molecule has 3 aromatic rings. The molecule has 1 amide bonds. The van der Waals surface area contributed by atoms with Crippen molar-refractivity contribution in [2.45, 2.75) is 71.4 Å². The fourth-order valence-corrected chi connectivity index (χ4v) is 4.56. The van der Waals surface area contributed by atoms with E-state index in [0.29, 0.717) is 12.2 Å². The topological polar surface area (TPSA) is 90.2 Å². The first-order chi connectivity index (χ1) is 15.1. The summed E-state index contributed by atoms with van der Waals surface area (Å²) in [6, 6.07) is 3.89. The lowest BCUT2D eigenvalue weighted by atomic mass is 10.1. The summed E-state index contributed by atoms with van der Waals surface area (Å²) in [5.74, 6) is 3.75. The Morgan fingerprint density at radius 3 is 2.87 bits per heavy atom. The first-order valence-corrected chi connectivity index (χ1v) is 11.3. The van der Waals surface area contributed by atoms with E-state index in [-0.39, 0.29) is 11.9 Å². The molecule has 1 saturated heterocycles. The van der Waals surface area contributed by atoms with Crippen molar-refractivity contribution in [1.82, 2.24) is 24.8 Å². The second-order valence-electron chi connectivity index (χ2n) is 8.92. The highest BCUT2D eigenvalue weighted by atomic mass is 16.5. The third kappa shape index (κ3) is 4.29. The summed E-state index contributed by atoms with van der Waals surface area (Å²) in [6.07, 6.45) is 8.84. The lowest BCUT2D eigenvalue weighted by molar-refractivity contribution is 0.0696. The predicted octanol–water partition coefficient (Wildman–Crippen LogP) is 3.71. The first-order valence-electron chi connectivity index (χ1n) is 11.3. The molecule has 31 heavy (non-hydrogen) atoms. The van der Waals surface area contributed by atoms with E-state index in [9.17, 15) is 4.79 Å². The van der Waals surface area contributed by atoms with Gasteiger partial charge in [0.2, 0.25) is 0 Å². The van der Waals surface area contributed by atoms with Crippen LogP contribution in [0.15, 0.2) is 27.4 Å². The van der Waals surface area contributed by atoms with E-state index >= 15 is 0 Å². The van der Waals surface area contributed by atoms with E-state index in [1.807, 2.05) is 31.1 Å². The molecule has 2 fully saturated rings. The molecule has 4 heterocycles. The van der Waals surface area contributed by atoms with Crippen LogP contribution in [0.3, 0.4) is 0 Å². The van der Waals surface area contributed by atoms with Crippen LogP contribution in [0.4, 0.5) is 0 Å². The molecule has 0 spiro atoms. The van der Waals surface area contributed by atoms with Crippen molar-refractivity contribution in [3.8, 4) is 0 Å². The summed E-state index contributed by atoms with van der Waals surface area (Å²) < 4.78 is 13.3. The Morgan fingerprint density at radius 2 is 2.10 bits per heavy atom. The van der Waals surface area contributed by atoms with Gasteiger partial charge >= 0.3 is 0 Å². The zero-order chi connectivity index (χ0) is 21.4. The number of carbonyl (C=O) groups is 1. The minimum Gasteiger partial charge on any atom is -0.456 e. The molecule has 1 saturated carbocycles. The van der Waals surface area contributed by atoms with Gasteiger partial charge in [0, 0.05) is 37.5 Å². The summed E-state index contributed by atoms with van der Waals surface area (Å²) in [5, 5.41) is 12.4. The number of hydrogen-bond donors (Lipinski definition) is 0. The Kier molecular flexibility index (Phi) is 5.38. The molecule has 0 radical (unpaired) electrons. The maximum Gasteiger partial charge on any atom is 0.289 e. The second kappa shape index (κ2) is 8.32. The van der Waals surface area contributed by atoms with E-state index in [2.05, 4.69) is 19.9 Å². The molecule has 3 aromatic heterocycles. The highest BCUT2D eigenvalue weighted by Gasteiger charge is 2.31. The van der Waals surface area contributed by atoms with Crippen molar-refractivity contribution >= 4 is 5.91 Å². The lowest BCUT2D eigenvalue weighted by Crippen LogP contribution is -2.35. The molecule has 8 nitrogen and oxygen atoms in total. The van der Waals surface area contributed by atoms with Gasteiger partial charge in [-0.15, -0.1) is 10.2 Å². The quantitative estimate of drug-likeness (QED) is 0.549. The average molecular weight is 424 g/mol. The van der Waals surface area contributed by atoms with Crippen LogP contribution in [0.25, 0.3) is 0 Å². The van der Waals surface area contributed by atoms with Crippen LogP contribution in [0.5, 0.6) is 0 Å². The molecule has 0 N–H and O–H groups in total. The summed E-state index contributed by atoms with van der Waals surface area (Å²) >= 11 is 0. The van der Waals surface area contributed by atoms with Gasteiger partial charge in [0.05, 0.1) is 5.69 Å². The van der Waals surface area contributed by atoms with Gasteiger partial charge in [0.15, 0.2) is 5.76 Å². The highest BCUT2D eigenvalue weighted by molar-refractivity contribution is 5.92. The predicted molar refractivity (Wildman–Crippen MR) is 113 cm³/mol. The van der Waals surface area contributed by atoms with E-state index in [0.717, 1.165) is 73.3 Å². The standard InChI is InChI=1S/C23H29N5O3/c1-15-20(16(2)31-26-15)12-19-8-9-21(30-19)23(29)28-11-3-4-18(28)7-10-22-25-24-14-27(22)13-17-5-6-17/h8-9,14,17-18H,3-7,10-13H2,1-2H3. The van der Waals surface area contributed by atoms with Crippen LogP contribution in [-0.2, 0) is 19.4 Å². The van der Waals surface area contributed by atoms with Crippen LogP contribution in [0.2, 0.25) is 0 Å². The number of hydrogen-bond acceptors (Lipinski definition) is 6. The maximum absolute atomic E-state index is 13.2. The Labute approximate surface area is 181 Å². The van der Waals surface area contributed by atoms with Crippen molar-refractivity contribution < 1.29 is 13.7 Å². The maximum atomic E-state index is 13.2. The smallest absolute Gasteiger partial charge is 0.289 e. The minimum atomic E-state index is -0.0213. The number of nitrogens with zero attached hydrogens (tertiary/aromatic N) is 5. The molecule has 1 atom stereocenters. The van der Waals surface area contributed by atoms with Crippen molar-refractivity contribution in [3.05, 3.63) is 52.8 Å².